The van der Waals surface area contributed by atoms with Crippen LogP contribution in [0.25, 0.3) is 0 Å². The van der Waals surface area contributed by atoms with Crippen molar-refractivity contribution in [1.82, 2.24) is 9.80 Å². The molecule has 1 unspecified atom stereocenters. The van der Waals surface area contributed by atoms with Crippen molar-refractivity contribution in [3.8, 4) is 17.2 Å². The van der Waals surface area contributed by atoms with Crippen molar-refractivity contribution in [2.45, 2.75) is 12.6 Å². The van der Waals surface area contributed by atoms with E-state index in [0.29, 0.717) is 18.9 Å². The van der Waals surface area contributed by atoms with Gasteiger partial charge in [0.25, 0.3) is 0 Å². The predicted octanol–water partition coefficient (Wildman–Crippen LogP) is 2.28. The standard InChI is InChI=1S/C24H34N2O5/c1-25(18-21(27)19-31-24-9-7-22(28-2)8-10-24)17-20-3-5-23(6-4-20)30-16-13-26-11-14-29-15-12-26/h3-10,21,27H,11-19H2,1-2H3. The lowest BCUT2D eigenvalue weighted by Crippen LogP contribution is -2.38. The molecule has 2 aromatic carbocycles. The summed E-state index contributed by atoms with van der Waals surface area (Å²) in [6.07, 6.45) is -0.574. The van der Waals surface area contributed by atoms with Crippen LogP contribution in [0.3, 0.4) is 0 Å². The van der Waals surface area contributed by atoms with Gasteiger partial charge in [0, 0.05) is 32.7 Å². The van der Waals surface area contributed by atoms with E-state index in [4.69, 9.17) is 18.9 Å². The number of ether oxygens (including phenoxy) is 4. The molecule has 0 bridgehead atoms. The second-order valence-corrected chi connectivity index (χ2v) is 7.78. The molecule has 170 valence electrons. The van der Waals surface area contributed by atoms with Gasteiger partial charge in [0.15, 0.2) is 0 Å². The molecule has 0 radical (unpaired) electrons. The Kier molecular flexibility index (Phi) is 9.42. The van der Waals surface area contributed by atoms with Crippen molar-refractivity contribution in [2.75, 3.05) is 66.8 Å². The highest BCUT2D eigenvalue weighted by atomic mass is 16.5. The van der Waals surface area contributed by atoms with Gasteiger partial charge in [-0.25, -0.2) is 0 Å². The van der Waals surface area contributed by atoms with Gasteiger partial charge in [-0.3, -0.25) is 9.80 Å². The van der Waals surface area contributed by atoms with E-state index >= 15 is 0 Å². The van der Waals surface area contributed by atoms with Crippen LogP contribution in [0.1, 0.15) is 5.56 Å². The fraction of sp³-hybridized carbons (Fsp3) is 0.500. The highest BCUT2D eigenvalue weighted by Crippen LogP contribution is 2.17. The highest BCUT2D eigenvalue weighted by molar-refractivity contribution is 5.31. The lowest BCUT2D eigenvalue weighted by molar-refractivity contribution is 0.0322. The van der Waals surface area contributed by atoms with Crippen LogP contribution in [0.5, 0.6) is 17.2 Å². The number of morpholine rings is 1. The molecule has 0 spiro atoms. The Bertz CT molecular complexity index is 748. The Hall–Kier alpha value is -2.32. The Labute approximate surface area is 185 Å². The van der Waals surface area contributed by atoms with Gasteiger partial charge < -0.3 is 24.1 Å². The van der Waals surface area contributed by atoms with Crippen LogP contribution in [0.2, 0.25) is 0 Å². The van der Waals surface area contributed by atoms with E-state index in [1.807, 2.05) is 43.4 Å². The molecule has 1 saturated heterocycles. The van der Waals surface area contributed by atoms with E-state index < -0.39 is 6.10 Å². The quantitative estimate of drug-likeness (QED) is 0.554. The summed E-state index contributed by atoms with van der Waals surface area (Å²) in [5, 5.41) is 10.3. The molecule has 1 heterocycles. The van der Waals surface area contributed by atoms with Gasteiger partial charge in [-0.1, -0.05) is 12.1 Å². The monoisotopic (exact) mass is 430 g/mol. The lowest BCUT2D eigenvalue weighted by Gasteiger charge is -2.26. The van der Waals surface area contributed by atoms with Gasteiger partial charge in [0.2, 0.25) is 0 Å². The van der Waals surface area contributed by atoms with Crippen LogP contribution in [0.4, 0.5) is 0 Å². The fourth-order valence-corrected chi connectivity index (χ4v) is 3.46. The fourth-order valence-electron chi connectivity index (χ4n) is 3.46. The van der Waals surface area contributed by atoms with Gasteiger partial charge >= 0.3 is 0 Å². The summed E-state index contributed by atoms with van der Waals surface area (Å²) in [6.45, 7) is 6.68. The summed E-state index contributed by atoms with van der Waals surface area (Å²) in [4.78, 5) is 4.44. The van der Waals surface area contributed by atoms with Crippen LogP contribution in [0, 0.1) is 0 Å². The van der Waals surface area contributed by atoms with E-state index in [1.54, 1.807) is 7.11 Å². The van der Waals surface area contributed by atoms with Gasteiger partial charge in [-0.15, -0.1) is 0 Å². The van der Waals surface area contributed by atoms with Gasteiger partial charge in [-0.05, 0) is 49.0 Å². The molecule has 1 aliphatic rings. The number of methoxy groups -OCH3 is 1. The molecule has 0 amide bonds. The number of aliphatic hydroxyl groups is 1. The minimum Gasteiger partial charge on any atom is -0.497 e. The first-order valence-corrected chi connectivity index (χ1v) is 10.8. The summed E-state index contributed by atoms with van der Waals surface area (Å²) in [7, 11) is 3.62. The second-order valence-electron chi connectivity index (χ2n) is 7.78. The molecule has 1 aliphatic heterocycles. The first-order valence-electron chi connectivity index (χ1n) is 10.8. The molecule has 1 atom stereocenters. The van der Waals surface area contributed by atoms with Crippen molar-refractivity contribution in [3.63, 3.8) is 0 Å². The number of nitrogens with zero attached hydrogens (tertiary/aromatic N) is 2. The molecule has 0 aromatic heterocycles. The molecule has 2 aromatic rings. The molecule has 3 rings (SSSR count). The minimum absolute atomic E-state index is 0.243. The lowest BCUT2D eigenvalue weighted by atomic mass is 10.2. The second kappa shape index (κ2) is 12.5. The smallest absolute Gasteiger partial charge is 0.119 e. The van der Waals surface area contributed by atoms with Crippen molar-refractivity contribution in [1.29, 1.82) is 0 Å². The van der Waals surface area contributed by atoms with E-state index in [2.05, 4.69) is 21.9 Å². The number of likely N-dealkylation sites (N-methyl/N-ethyl adjacent to an activating group) is 1. The third-order valence-corrected chi connectivity index (χ3v) is 5.18. The highest BCUT2D eigenvalue weighted by Gasteiger charge is 2.11. The van der Waals surface area contributed by atoms with Crippen LogP contribution >= 0.6 is 0 Å². The van der Waals surface area contributed by atoms with Crippen molar-refractivity contribution in [2.24, 2.45) is 0 Å². The van der Waals surface area contributed by atoms with Crippen LogP contribution in [-0.2, 0) is 11.3 Å². The molecular weight excluding hydrogens is 396 g/mol. The molecule has 31 heavy (non-hydrogen) atoms. The van der Waals surface area contributed by atoms with Crippen LogP contribution in [0.15, 0.2) is 48.5 Å². The van der Waals surface area contributed by atoms with Crippen LogP contribution < -0.4 is 14.2 Å². The topological polar surface area (TPSA) is 63.6 Å². The Morgan fingerprint density at radius 1 is 0.968 bits per heavy atom. The van der Waals surface area contributed by atoms with Gasteiger partial charge in [-0.2, -0.15) is 0 Å². The number of rotatable bonds is 12. The summed E-state index contributed by atoms with van der Waals surface area (Å²) in [5.74, 6) is 2.38. The number of aliphatic hydroxyl groups excluding tert-OH is 1. The SMILES string of the molecule is COc1ccc(OCC(O)CN(C)Cc2ccc(OCCN3CCOCC3)cc2)cc1. The molecule has 1 N–H and O–H groups in total. The van der Waals surface area contributed by atoms with Gasteiger partial charge in [0.1, 0.15) is 36.6 Å². The van der Waals surface area contributed by atoms with Gasteiger partial charge in [0.05, 0.1) is 20.3 Å². The molecule has 1 fully saturated rings. The summed E-state index contributed by atoms with van der Waals surface area (Å²) in [5.41, 5.74) is 1.17. The molecule has 0 saturated carbocycles. The Morgan fingerprint density at radius 3 is 2.26 bits per heavy atom. The summed E-state index contributed by atoms with van der Waals surface area (Å²) >= 11 is 0. The van der Waals surface area contributed by atoms with E-state index in [1.165, 1.54) is 5.56 Å². The zero-order valence-electron chi connectivity index (χ0n) is 18.5. The van der Waals surface area contributed by atoms with Crippen molar-refractivity contribution < 1.29 is 24.1 Å². The van der Waals surface area contributed by atoms with E-state index in [9.17, 15) is 5.11 Å². The average molecular weight is 431 g/mol. The normalized spacial score (nSPS) is 15.6. The summed E-state index contributed by atoms with van der Waals surface area (Å²) < 4.78 is 22.0. The largest absolute Gasteiger partial charge is 0.497 e. The van der Waals surface area contributed by atoms with E-state index in [0.717, 1.165) is 50.9 Å². The maximum absolute atomic E-state index is 10.3. The Morgan fingerprint density at radius 2 is 1.58 bits per heavy atom. The van der Waals surface area contributed by atoms with Crippen LogP contribution in [-0.4, -0.2) is 87.8 Å². The zero-order valence-corrected chi connectivity index (χ0v) is 18.5. The molecule has 7 nitrogen and oxygen atoms in total. The first kappa shape index (κ1) is 23.3. The minimum atomic E-state index is -0.574. The number of hydrogen-bond donors (Lipinski definition) is 1. The maximum Gasteiger partial charge on any atom is 0.119 e. The predicted molar refractivity (Wildman–Crippen MR) is 120 cm³/mol. The molecular formula is C24H34N2O5. The molecule has 7 heteroatoms. The van der Waals surface area contributed by atoms with Crippen molar-refractivity contribution >= 4 is 0 Å². The third-order valence-electron chi connectivity index (χ3n) is 5.18. The number of benzene rings is 2. The zero-order chi connectivity index (χ0) is 21.9. The average Bonchev–Trinajstić information content (AvgIpc) is 2.80. The van der Waals surface area contributed by atoms with E-state index in [-0.39, 0.29) is 6.61 Å². The van der Waals surface area contributed by atoms with Crippen molar-refractivity contribution in [3.05, 3.63) is 54.1 Å². The third kappa shape index (κ3) is 8.38. The summed E-state index contributed by atoms with van der Waals surface area (Å²) in [6, 6.07) is 15.5. The first-order chi connectivity index (χ1) is 15.1. The maximum atomic E-state index is 10.3. The number of hydrogen-bond acceptors (Lipinski definition) is 7. The Balaban J connectivity index is 1.33. The molecule has 0 aliphatic carbocycles.